The van der Waals surface area contributed by atoms with Gasteiger partial charge in [-0.2, -0.15) is 0 Å². The smallest absolute Gasteiger partial charge is 0.408 e. The van der Waals surface area contributed by atoms with Crippen LogP contribution < -0.4 is 5.76 Å². The summed E-state index contributed by atoms with van der Waals surface area (Å²) in [6.45, 7) is 0. The summed E-state index contributed by atoms with van der Waals surface area (Å²) in [5.74, 6) is -0.329. The van der Waals surface area contributed by atoms with Gasteiger partial charge in [-0.25, -0.2) is 4.79 Å². The lowest BCUT2D eigenvalue weighted by atomic mass is 10.1. The van der Waals surface area contributed by atoms with Crippen molar-refractivity contribution in [3.05, 3.63) is 56.7 Å². The van der Waals surface area contributed by atoms with Crippen LogP contribution in [0.1, 0.15) is 15.3 Å². The molecule has 0 spiro atoms. The Hall–Kier alpha value is -1.37. The summed E-state index contributed by atoms with van der Waals surface area (Å²) in [4.78, 5) is 12.9. The zero-order valence-electron chi connectivity index (χ0n) is 11.0. The van der Waals surface area contributed by atoms with Crippen LogP contribution in [0.5, 0.6) is 0 Å². The summed E-state index contributed by atoms with van der Waals surface area (Å²) in [7, 11) is 1.72. The fourth-order valence-electron chi connectivity index (χ4n) is 2.38. The maximum Gasteiger partial charge on any atom is 0.419 e. The number of thiophene rings is 2. The van der Waals surface area contributed by atoms with Crippen LogP contribution in [0.15, 0.2) is 44.9 Å². The van der Waals surface area contributed by atoms with Crippen LogP contribution in [0.25, 0.3) is 20.5 Å². The van der Waals surface area contributed by atoms with Gasteiger partial charge in [-0.15, -0.1) is 22.7 Å². The number of hydrogen-bond donors (Lipinski definition) is 0. The highest BCUT2D eigenvalue weighted by molar-refractivity contribution is 9.09. The number of benzene rings is 1. The van der Waals surface area contributed by atoms with Gasteiger partial charge in [0.25, 0.3) is 0 Å². The minimum absolute atomic E-state index is 0.108. The number of fused-ring (bicyclic) bond motifs is 2. The van der Waals surface area contributed by atoms with Crippen molar-refractivity contribution in [3.8, 4) is 0 Å². The lowest BCUT2D eigenvalue weighted by Gasteiger charge is -2.07. The van der Waals surface area contributed by atoms with Crippen LogP contribution in [0, 0.1) is 0 Å². The minimum atomic E-state index is -0.329. The number of nitrogens with zero attached hydrogens (tertiary/aromatic N) is 1. The Bertz CT molecular complexity index is 979. The summed E-state index contributed by atoms with van der Waals surface area (Å²) in [6.07, 6.45) is 0. The maximum atomic E-state index is 11.6. The molecule has 0 bridgehead atoms. The molecule has 1 unspecified atom stereocenters. The van der Waals surface area contributed by atoms with Crippen LogP contribution in [0.4, 0.5) is 0 Å². The molecule has 3 aromatic heterocycles. The van der Waals surface area contributed by atoms with Gasteiger partial charge in [-0.3, -0.25) is 4.57 Å². The van der Waals surface area contributed by atoms with E-state index in [1.807, 2.05) is 18.2 Å². The third kappa shape index (κ3) is 2.09. The monoisotopic (exact) mass is 379 g/mol. The highest BCUT2D eigenvalue weighted by Gasteiger charge is 2.16. The lowest BCUT2D eigenvalue weighted by Crippen LogP contribution is -2.08. The average molecular weight is 380 g/mol. The molecule has 0 saturated heterocycles. The van der Waals surface area contributed by atoms with Crippen LogP contribution in [0.2, 0.25) is 0 Å². The molecule has 0 fully saturated rings. The third-order valence-electron chi connectivity index (χ3n) is 3.52. The van der Waals surface area contributed by atoms with Crippen molar-refractivity contribution < 1.29 is 4.42 Å². The van der Waals surface area contributed by atoms with Crippen LogP contribution in [-0.2, 0) is 7.05 Å². The molecule has 0 radical (unpaired) electrons. The van der Waals surface area contributed by atoms with Crippen molar-refractivity contribution in [2.45, 2.75) is 4.83 Å². The highest BCUT2D eigenvalue weighted by Crippen LogP contribution is 2.40. The molecule has 6 heteroatoms. The molecule has 0 saturated carbocycles. The molecule has 4 aromatic rings. The van der Waals surface area contributed by atoms with Crippen LogP contribution >= 0.6 is 38.6 Å². The molecule has 3 heterocycles. The number of rotatable bonds is 2. The summed E-state index contributed by atoms with van der Waals surface area (Å²) in [5, 5.41) is 2.11. The number of aromatic nitrogens is 1. The fraction of sp³-hybridized carbons (Fsp3) is 0.133. The number of aryl methyl sites for hydroxylation is 1. The molecule has 0 aliphatic heterocycles. The van der Waals surface area contributed by atoms with Gasteiger partial charge in [0.1, 0.15) is 0 Å². The minimum Gasteiger partial charge on any atom is -0.408 e. The van der Waals surface area contributed by atoms with E-state index in [4.69, 9.17) is 4.42 Å². The largest absolute Gasteiger partial charge is 0.419 e. The number of alkyl halides is 1. The van der Waals surface area contributed by atoms with E-state index < -0.39 is 0 Å². The number of halogens is 1. The van der Waals surface area contributed by atoms with Gasteiger partial charge in [-0.05, 0) is 35.2 Å². The second kappa shape index (κ2) is 4.83. The molecule has 3 nitrogen and oxygen atoms in total. The Morgan fingerprint density at radius 2 is 2.10 bits per heavy atom. The van der Waals surface area contributed by atoms with E-state index in [0.29, 0.717) is 5.58 Å². The van der Waals surface area contributed by atoms with E-state index in [2.05, 4.69) is 33.4 Å². The van der Waals surface area contributed by atoms with Crippen LogP contribution in [0.3, 0.4) is 0 Å². The second-order valence-corrected chi connectivity index (χ2v) is 7.79. The van der Waals surface area contributed by atoms with Gasteiger partial charge in [0, 0.05) is 21.3 Å². The number of hydrogen-bond acceptors (Lipinski definition) is 4. The van der Waals surface area contributed by atoms with Gasteiger partial charge in [0.2, 0.25) is 0 Å². The SMILES string of the molecule is Cn1c(=O)oc2cc(C(Br)c3cc4sccc4s3)ccc21. The molecule has 0 aliphatic carbocycles. The van der Waals surface area contributed by atoms with Crippen molar-refractivity contribution >= 4 is 59.1 Å². The summed E-state index contributed by atoms with van der Waals surface area (Å²) in [6, 6.07) is 10.3. The number of oxazole rings is 1. The topological polar surface area (TPSA) is 35.1 Å². The standard InChI is InChI=1S/C15H10BrNO2S2/c1-17-9-3-2-8(6-10(9)19-15(17)18)14(16)13-7-12-11(21-13)4-5-20-12/h2-7,14H,1H3. The fourth-order valence-corrected chi connectivity index (χ4v) is 5.20. The maximum absolute atomic E-state index is 11.6. The molecule has 1 atom stereocenters. The predicted molar refractivity (Wildman–Crippen MR) is 91.9 cm³/mol. The highest BCUT2D eigenvalue weighted by atomic mass is 79.9. The average Bonchev–Trinajstić information content (AvgIpc) is 3.12. The molecular formula is C15H10BrNO2S2. The van der Waals surface area contributed by atoms with Gasteiger partial charge >= 0.3 is 5.76 Å². The van der Waals surface area contributed by atoms with Gasteiger partial charge < -0.3 is 4.42 Å². The van der Waals surface area contributed by atoms with E-state index in [0.717, 1.165) is 11.1 Å². The zero-order chi connectivity index (χ0) is 14.6. The lowest BCUT2D eigenvalue weighted by molar-refractivity contribution is 0.528. The summed E-state index contributed by atoms with van der Waals surface area (Å²) < 4.78 is 9.40. The molecule has 1 aromatic carbocycles. The van der Waals surface area contributed by atoms with E-state index in [9.17, 15) is 4.79 Å². The molecule has 21 heavy (non-hydrogen) atoms. The van der Waals surface area contributed by atoms with Gasteiger partial charge in [0.15, 0.2) is 5.58 Å². The van der Waals surface area contributed by atoms with Crippen molar-refractivity contribution in [2.24, 2.45) is 7.05 Å². The molecule has 0 aliphatic rings. The Morgan fingerprint density at radius 3 is 2.90 bits per heavy atom. The molecule has 0 amide bonds. The Labute approximate surface area is 136 Å². The van der Waals surface area contributed by atoms with E-state index in [1.54, 1.807) is 29.7 Å². The van der Waals surface area contributed by atoms with Gasteiger partial charge in [0.05, 0.1) is 10.3 Å². The first-order valence-electron chi connectivity index (χ1n) is 6.34. The van der Waals surface area contributed by atoms with Crippen molar-refractivity contribution in [2.75, 3.05) is 0 Å². The van der Waals surface area contributed by atoms with E-state index in [1.165, 1.54) is 18.8 Å². The first-order chi connectivity index (χ1) is 10.1. The zero-order valence-corrected chi connectivity index (χ0v) is 14.2. The Balaban J connectivity index is 1.81. The molecular weight excluding hydrogens is 370 g/mol. The quantitative estimate of drug-likeness (QED) is 0.464. The van der Waals surface area contributed by atoms with Gasteiger partial charge in [-0.1, -0.05) is 22.0 Å². The first kappa shape index (κ1) is 13.3. The molecule has 0 N–H and O–H groups in total. The van der Waals surface area contributed by atoms with Crippen molar-refractivity contribution in [3.63, 3.8) is 0 Å². The molecule has 106 valence electrons. The Morgan fingerprint density at radius 1 is 1.24 bits per heavy atom. The normalized spacial score (nSPS) is 13.2. The van der Waals surface area contributed by atoms with Crippen molar-refractivity contribution in [1.82, 2.24) is 4.57 Å². The summed E-state index contributed by atoms with van der Waals surface area (Å²) >= 11 is 7.30. The third-order valence-corrected chi connectivity index (χ3v) is 7.00. The van der Waals surface area contributed by atoms with Crippen LogP contribution in [-0.4, -0.2) is 4.57 Å². The van der Waals surface area contributed by atoms with E-state index in [-0.39, 0.29) is 10.6 Å². The Kier molecular flexibility index (Phi) is 3.06. The molecule has 4 rings (SSSR count). The summed E-state index contributed by atoms with van der Waals surface area (Å²) in [5.41, 5.74) is 2.53. The predicted octanol–water partition coefficient (Wildman–Crippen LogP) is 4.89. The van der Waals surface area contributed by atoms with E-state index >= 15 is 0 Å². The second-order valence-electron chi connectivity index (χ2n) is 4.81. The first-order valence-corrected chi connectivity index (χ1v) is 8.95. The van der Waals surface area contributed by atoms with Crippen molar-refractivity contribution in [1.29, 1.82) is 0 Å².